The Kier molecular flexibility index (Phi) is 8.89. The predicted molar refractivity (Wildman–Crippen MR) is 280 cm³/mol. The minimum Gasteiger partial charge on any atom is -0.456 e. The largest absolute Gasteiger partial charge is 0.456 e. The van der Waals surface area contributed by atoms with Gasteiger partial charge in [0.2, 0.25) is 0 Å². The Morgan fingerprint density at radius 3 is 1.58 bits per heavy atom. The van der Waals surface area contributed by atoms with Crippen LogP contribution in [0, 0.1) is 0 Å². The lowest BCUT2D eigenvalue weighted by atomic mass is 9.95. The highest BCUT2D eigenvalue weighted by Gasteiger charge is 2.20. The summed E-state index contributed by atoms with van der Waals surface area (Å²) in [5.41, 5.74) is 14.4. The van der Waals surface area contributed by atoms with Gasteiger partial charge in [0.1, 0.15) is 11.2 Å². The van der Waals surface area contributed by atoms with Crippen molar-refractivity contribution >= 4 is 82.1 Å². The molecule has 0 aliphatic carbocycles. The summed E-state index contributed by atoms with van der Waals surface area (Å²) in [7, 11) is 0. The van der Waals surface area contributed by atoms with Gasteiger partial charge in [0, 0.05) is 27.7 Å². The van der Waals surface area contributed by atoms with E-state index in [-0.39, 0.29) is 0 Å². The number of rotatable bonds is 7. The zero-order valence-electron chi connectivity index (χ0n) is 36.0. The van der Waals surface area contributed by atoms with Gasteiger partial charge >= 0.3 is 0 Å². The molecule has 0 bridgehead atoms. The van der Waals surface area contributed by atoms with Gasteiger partial charge in [-0.15, -0.1) is 0 Å². The maximum Gasteiger partial charge on any atom is 0.136 e. The number of benzene rings is 12. The van der Waals surface area contributed by atoms with Crippen molar-refractivity contribution in [1.29, 1.82) is 0 Å². The van der Waals surface area contributed by atoms with Gasteiger partial charge < -0.3 is 9.32 Å². The first kappa shape index (κ1) is 37.8. The van der Waals surface area contributed by atoms with Crippen molar-refractivity contribution in [2.45, 2.75) is 0 Å². The van der Waals surface area contributed by atoms with Gasteiger partial charge in [-0.3, -0.25) is 0 Å². The number of hydrogen-bond acceptors (Lipinski definition) is 2. The van der Waals surface area contributed by atoms with E-state index in [1.54, 1.807) is 0 Å². The molecule has 2 nitrogen and oxygen atoms in total. The molecule has 0 aliphatic heterocycles. The molecule has 0 aliphatic rings. The van der Waals surface area contributed by atoms with Crippen LogP contribution in [0.1, 0.15) is 0 Å². The molecular weight excluding hydrogens is 799 g/mol. The van der Waals surface area contributed by atoms with Crippen molar-refractivity contribution in [1.82, 2.24) is 0 Å². The normalized spacial score (nSPS) is 11.6. The summed E-state index contributed by atoms with van der Waals surface area (Å²) in [5, 5.41) is 12.3. The van der Waals surface area contributed by atoms with E-state index < -0.39 is 0 Å². The smallest absolute Gasteiger partial charge is 0.136 e. The van der Waals surface area contributed by atoms with Gasteiger partial charge in [0.15, 0.2) is 0 Å². The Balaban J connectivity index is 0.920. The van der Waals surface area contributed by atoms with Crippen LogP contribution in [0.15, 0.2) is 253 Å². The zero-order chi connectivity index (χ0) is 43.6. The molecule has 0 saturated carbocycles. The fourth-order valence-electron chi connectivity index (χ4n) is 10.2. The van der Waals surface area contributed by atoms with E-state index in [0.717, 1.165) is 66.8 Å². The van der Waals surface area contributed by atoms with Crippen LogP contribution in [0.4, 0.5) is 17.1 Å². The maximum absolute atomic E-state index is 6.29. The Morgan fingerprint density at radius 2 is 0.788 bits per heavy atom. The van der Waals surface area contributed by atoms with Crippen molar-refractivity contribution in [3.63, 3.8) is 0 Å². The second-order valence-electron chi connectivity index (χ2n) is 17.2. The van der Waals surface area contributed by atoms with Crippen LogP contribution >= 0.6 is 0 Å². The van der Waals surface area contributed by atoms with Crippen LogP contribution in [-0.2, 0) is 0 Å². The first-order valence-corrected chi connectivity index (χ1v) is 22.6. The van der Waals surface area contributed by atoms with Crippen LogP contribution in [0.2, 0.25) is 0 Å². The first-order valence-electron chi connectivity index (χ1n) is 22.6. The summed E-state index contributed by atoms with van der Waals surface area (Å²) >= 11 is 0. The predicted octanol–water partition coefficient (Wildman–Crippen LogP) is 18.3. The van der Waals surface area contributed by atoms with E-state index in [1.165, 1.54) is 59.8 Å². The Hall–Kier alpha value is -8.72. The summed E-state index contributed by atoms with van der Waals surface area (Å²) in [6.45, 7) is 0. The second-order valence-corrected chi connectivity index (χ2v) is 17.2. The van der Waals surface area contributed by atoms with Gasteiger partial charge in [-0.25, -0.2) is 0 Å². The average molecular weight is 840 g/mol. The van der Waals surface area contributed by atoms with Crippen molar-refractivity contribution < 1.29 is 4.42 Å². The quantitative estimate of drug-likeness (QED) is 0.149. The van der Waals surface area contributed by atoms with E-state index in [0.29, 0.717) is 0 Å². The lowest BCUT2D eigenvalue weighted by Crippen LogP contribution is -2.11. The number of nitrogens with zero attached hydrogens (tertiary/aromatic N) is 1. The average Bonchev–Trinajstić information content (AvgIpc) is 3.78. The number of para-hydroxylation sites is 2. The van der Waals surface area contributed by atoms with E-state index >= 15 is 0 Å². The summed E-state index contributed by atoms with van der Waals surface area (Å²) in [6.07, 6.45) is 0. The summed E-state index contributed by atoms with van der Waals surface area (Å²) in [5.74, 6) is 0. The molecule has 1 aromatic heterocycles. The van der Waals surface area contributed by atoms with Crippen LogP contribution in [0.25, 0.3) is 110 Å². The highest BCUT2D eigenvalue weighted by atomic mass is 16.3. The molecule has 0 radical (unpaired) electrons. The molecule has 2 heteroatoms. The van der Waals surface area contributed by atoms with Gasteiger partial charge in [-0.05, 0) is 137 Å². The number of anilines is 3. The molecule has 0 N–H and O–H groups in total. The van der Waals surface area contributed by atoms with Gasteiger partial charge in [-0.1, -0.05) is 194 Å². The van der Waals surface area contributed by atoms with E-state index in [4.69, 9.17) is 4.42 Å². The zero-order valence-corrected chi connectivity index (χ0v) is 36.0. The monoisotopic (exact) mass is 839 g/mol. The maximum atomic E-state index is 6.29. The molecule has 66 heavy (non-hydrogen) atoms. The molecule has 13 rings (SSSR count). The topological polar surface area (TPSA) is 16.4 Å². The van der Waals surface area contributed by atoms with Gasteiger partial charge in [0.25, 0.3) is 0 Å². The fraction of sp³-hybridized carbons (Fsp3) is 0. The molecule has 13 aromatic rings. The molecule has 1 heterocycles. The molecule has 308 valence electrons. The minimum atomic E-state index is 0.896. The molecule has 0 atom stereocenters. The molecule has 0 spiro atoms. The van der Waals surface area contributed by atoms with Crippen molar-refractivity contribution in [2.75, 3.05) is 4.90 Å². The molecule has 12 aromatic carbocycles. The number of hydrogen-bond donors (Lipinski definition) is 0. The highest BCUT2D eigenvalue weighted by Crippen LogP contribution is 2.44. The van der Waals surface area contributed by atoms with E-state index in [1.807, 2.05) is 12.1 Å². The van der Waals surface area contributed by atoms with Crippen molar-refractivity contribution in [2.24, 2.45) is 0 Å². The molecular formula is C64H41NO. The number of fused-ring (bicyclic) bond motifs is 9. The third-order valence-electron chi connectivity index (χ3n) is 13.4. The lowest BCUT2D eigenvalue weighted by molar-refractivity contribution is 0.669. The molecule has 0 unspecified atom stereocenters. The Morgan fingerprint density at radius 1 is 0.258 bits per heavy atom. The van der Waals surface area contributed by atoms with Crippen molar-refractivity contribution in [3.05, 3.63) is 249 Å². The van der Waals surface area contributed by atoms with Crippen LogP contribution < -0.4 is 4.90 Å². The standard InChI is InChI=1S/C64H41NO/c1-3-15-54-44(11-1)29-31-50-39-49(35-38-56(50)54)43-25-23-42(24-26-43)48-13-9-14-53(40-48)65(52-36-33-46(34-37-52)58-19-10-22-63-64(58)59-18-6-8-21-62(59)66-63)61-20-7-5-17-57(61)51-32-30-47-28-27-45-12-2-4-16-55(45)60(47)41-51/h1-41H. The third-order valence-corrected chi connectivity index (χ3v) is 13.4. The Labute approximate surface area is 382 Å². The SMILES string of the molecule is c1cc(-c2ccc(-c3ccc4c(ccc5ccccc54)c3)cc2)cc(N(c2ccc(-c3cccc4oc5ccccc5c34)cc2)c2ccccc2-c2ccc3ccc4ccccc4c3c2)c1. The van der Waals surface area contributed by atoms with Crippen LogP contribution in [0.5, 0.6) is 0 Å². The van der Waals surface area contributed by atoms with Crippen molar-refractivity contribution in [3.8, 4) is 44.5 Å². The first-order chi connectivity index (χ1) is 32.7. The summed E-state index contributed by atoms with van der Waals surface area (Å²) < 4.78 is 6.29. The highest BCUT2D eigenvalue weighted by molar-refractivity contribution is 6.13. The lowest BCUT2D eigenvalue weighted by Gasteiger charge is -2.28. The summed E-state index contributed by atoms with van der Waals surface area (Å²) in [6, 6.07) is 90.4. The van der Waals surface area contributed by atoms with Gasteiger partial charge in [0.05, 0.1) is 5.69 Å². The van der Waals surface area contributed by atoms with E-state index in [9.17, 15) is 0 Å². The number of furan rings is 1. The second kappa shape index (κ2) is 15.5. The Bertz CT molecular complexity index is 3990. The van der Waals surface area contributed by atoms with E-state index in [2.05, 4.69) is 241 Å². The third kappa shape index (κ3) is 6.42. The van der Waals surface area contributed by atoms with Crippen LogP contribution in [-0.4, -0.2) is 0 Å². The molecule has 0 fully saturated rings. The molecule has 0 amide bonds. The van der Waals surface area contributed by atoms with Crippen LogP contribution in [0.3, 0.4) is 0 Å². The molecule has 0 saturated heterocycles. The summed E-state index contributed by atoms with van der Waals surface area (Å²) in [4.78, 5) is 2.41. The fourth-order valence-corrected chi connectivity index (χ4v) is 10.2. The van der Waals surface area contributed by atoms with Gasteiger partial charge in [-0.2, -0.15) is 0 Å². The minimum absolute atomic E-state index is 0.896.